The van der Waals surface area contributed by atoms with Crippen LogP contribution in [0.1, 0.15) is 10.4 Å². The summed E-state index contributed by atoms with van der Waals surface area (Å²) in [5, 5.41) is 3.38. The Bertz CT molecular complexity index is 769. The Kier molecular flexibility index (Phi) is 5.50. The highest BCUT2D eigenvalue weighted by molar-refractivity contribution is 5.94. The molecule has 7 heteroatoms. The molecule has 142 valence electrons. The van der Waals surface area contributed by atoms with E-state index < -0.39 is 0 Å². The highest BCUT2D eigenvalue weighted by Gasteiger charge is 2.19. The van der Waals surface area contributed by atoms with Crippen LogP contribution in [0.5, 0.6) is 0 Å². The predicted octanol–water partition coefficient (Wildman–Crippen LogP) is 2.13. The maximum atomic E-state index is 12.5. The van der Waals surface area contributed by atoms with E-state index in [1.807, 2.05) is 30.3 Å². The molecule has 2 aliphatic heterocycles. The number of ether oxygens (including phenoxy) is 2. The van der Waals surface area contributed by atoms with E-state index in [2.05, 4.69) is 21.3 Å². The highest BCUT2D eigenvalue weighted by Crippen LogP contribution is 2.28. The van der Waals surface area contributed by atoms with Gasteiger partial charge in [-0.2, -0.15) is 0 Å². The van der Waals surface area contributed by atoms with Gasteiger partial charge in [0.05, 0.1) is 43.4 Å². The number of benzene rings is 1. The molecule has 2 fully saturated rings. The summed E-state index contributed by atoms with van der Waals surface area (Å²) >= 11 is 0. The Morgan fingerprint density at radius 3 is 2.33 bits per heavy atom. The smallest absolute Gasteiger partial charge is 0.255 e. The number of aromatic nitrogens is 1. The number of nitrogens with one attached hydrogen (secondary N) is 1. The maximum Gasteiger partial charge on any atom is 0.255 e. The Morgan fingerprint density at radius 1 is 0.926 bits per heavy atom. The fourth-order valence-electron chi connectivity index (χ4n) is 3.34. The molecule has 1 aromatic carbocycles. The maximum absolute atomic E-state index is 12.5. The number of rotatable bonds is 4. The molecule has 1 amide bonds. The normalized spacial score (nSPS) is 17.6. The lowest BCUT2D eigenvalue weighted by Crippen LogP contribution is -2.40. The second kappa shape index (κ2) is 8.37. The lowest BCUT2D eigenvalue weighted by molar-refractivity contribution is 0.0302. The molecule has 0 unspecified atom stereocenters. The predicted molar refractivity (Wildman–Crippen MR) is 104 cm³/mol. The number of pyridine rings is 1. The lowest BCUT2D eigenvalue weighted by Gasteiger charge is -2.30. The van der Waals surface area contributed by atoms with Gasteiger partial charge in [0.15, 0.2) is 0 Å². The fourth-order valence-corrected chi connectivity index (χ4v) is 3.34. The molecule has 0 bridgehead atoms. The van der Waals surface area contributed by atoms with E-state index >= 15 is 0 Å². The first-order chi connectivity index (χ1) is 13.3. The number of anilines is 3. The summed E-state index contributed by atoms with van der Waals surface area (Å²) in [4.78, 5) is 21.1. The molecule has 2 aliphatic rings. The molecule has 0 atom stereocenters. The molecule has 3 heterocycles. The third kappa shape index (κ3) is 4.20. The molecule has 0 saturated carbocycles. The van der Waals surface area contributed by atoms with Gasteiger partial charge in [-0.15, -0.1) is 0 Å². The summed E-state index contributed by atoms with van der Waals surface area (Å²) < 4.78 is 10.7. The van der Waals surface area contributed by atoms with E-state index in [-0.39, 0.29) is 5.91 Å². The number of para-hydroxylation sites is 2. The number of hydrogen-bond acceptors (Lipinski definition) is 6. The van der Waals surface area contributed by atoms with Gasteiger partial charge in [0.2, 0.25) is 0 Å². The average molecular weight is 368 g/mol. The molecule has 2 saturated heterocycles. The number of carbonyl (C=O) groups is 1. The van der Waals surface area contributed by atoms with Crippen LogP contribution in [-0.4, -0.2) is 68.4 Å². The molecule has 0 spiro atoms. The van der Waals surface area contributed by atoms with Crippen molar-refractivity contribution in [3.05, 3.63) is 48.2 Å². The SMILES string of the molecule is O=C(c1ccc(Nc2ccccc2N2CCOCC2)nc1)N1CCOCC1. The van der Waals surface area contributed by atoms with Gasteiger partial charge in [-0.3, -0.25) is 4.79 Å². The van der Waals surface area contributed by atoms with E-state index in [1.54, 1.807) is 11.1 Å². The van der Waals surface area contributed by atoms with Crippen molar-refractivity contribution in [2.75, 3.05) is 62.8 Å². The number of nitrogens with zero attached hydrogens (tertiary/aromatic N) is 3. The number of carbonyl (C=O) groups excluding carboxylic acids is 1. The summed E-state index contributed by atoms with van der Waals surface area (Å²) in [7, 11) is 0. The molecule has 1 N–H and O–H groups in total. The molecular formula is C20H24N4O3. The molecule has 7 nitrogen and oxygen atoms in total. The van der Waals surface area contributed by atoms with Crippen LogP contribution >= 0.6 is 0 Å². The van der Waals surface area contributed by atoms with Gasteiger partial charge >= 0.3 is 0 Å². The Labute approximate surface area is 158 Å². The van der Waals surface area contributed by atoms with Crippen LogP contribution in [0.25, 0.3) is 0 Å². The minimum Gasteiger partial charge on any atom is -0.378 e. The topological polar surface area (TPSA) is 66.9 Å². The Balaban J connectivity index is 1.46. The van der Waals surface area contributed by atoms with Crippen LogP contribution in [0, 0.1) is 0 Å². The monoisotopic (exact) mass is 368 g/mol. The number of morpholine rings is 2. The van der Waals surface area contributed by atoms with Crippen molar-refractivity contribution < 1.29 is 14.3 Å². The molecule has 4 rings (SSSR count). The number of amides is 1. The van der Waals surface area contributed by atoms with Gasteiger partial charge < -0.3 is 24.6 Å². The first-order valence-corrected chi connectivity index (χ1v) is 9.33. The molecule has 0 radical (unpaired) electrons. The number of hydrogen-bond donors (Lipinski definition) is 1. The van der Waals surface area contributed by atoms with Crippen molar-refractivity contribution in [2.24, 2.45) is 0 Å². The van der Waals surface area contributed by atoms with Crippen LogP contribution < -0.4 is 10.2 Å². The van der Waals surface area contributed by atoms with Gasteiger partial charge in [-0.1, -0.05) is 12.1 Å². The molecule has 1 aromatic heterocycles. The van der Waals surface area contributed by atoms with Gasteiger partial charge in [0.25, 0.3) is 5.91 Å². The zero-order chi connectivity index (χ0) is 18.5. The minimum absolute atomic E-state index is 0.00562. The second-order valence-electron chi connectivity index (χ2n) is 6.58. The Hall–Kier alpha value is -2.64. The molecular weight excluding hydrogens is 344 g/mol. The first-order valence-electron chi connectivity index (χ1n) is 9.33. The standard InChI is InChI=1S/C20H24N4O3/c25-20(24-9-13-27-14-10-24)16-5-6-19(21-15-16)22-17-3-1-2-4-18(17)23-7-11-26-12-8-23/h1-6,15H,7-14H2,(H,21,22). The van der Waals surface area contributed by atoms with Crippen molar-refractivity contribution in [2.45, 2.75) is 0 Å². The van der Waals surface area contributed by atoms with E-state index in [1.165, 1.54) is 0 Å². The van der Waals surface area contributed by atoms with Crippen molar-refractivity contribution in [3.63, 3.8) is 0 Å². The summed E-state index contributed by atoms with van der Waals surface area (Å²) in [5.74, 6) is 0.723. The Morgan fingerprint density at radius 2 is 1.63 bits per heavy atom. The van der Waals surface area contributed by atoms with Crippen LogP contribution in [0.2, 0.25) is 0 Å². The zero-order valence-corrected chi connectivity index (χ0v) is 15.3. The van der Waals surface area contributed by atoms with E-state index in [9.17, 15) is 4.79 Å². The van der Waals surface area contributed by atoms with Gasteiger partial charge in [0.1, 0.15) is 5.82 Å². The van der Waals surface area contributed by atoms with E-state index in [4.69, 9.17) is 9.47 Å². The highest BCUT2D eigenvalue weighted by atomic mass is 16.5. The molecule has 27 heavy (non-hydrogen) atoms. The lowest BCUT2D eigenvalue weighted by atomic mass is 10.2. The zero-order valence-electron chi connectivity index (χ0n) is 15.3. The van der Waals surface area contributed by atoms with Crippen molar-refractivity contribution in [3.8, 4) is 0 Å². The van der Waals surface area contributed by atoms with E-state index in [0.29, 0.717) is 37.7 Å². The van der Waals surface area contributed by atoms with Crippen molar-refractivity contribution >= 4 is 23.1 Å². The van der Waals surface area contributed by atoms with Crippen LogP contribution in [0.3, 0.4) is 0 Å². The van der Waals surface area contributed by atoms with Crippen molar-refractivity contribution in [1.29, 1.82) is 0 Å². The van der Waals surface area contributed by atoms with Gasteiger partial charge in [0, 0.05) is 32.4 Å². The minimum atomic E-state index is 0.00562. The van der Waals surface area contributed by atoms with Crippen LogP contribution in [-0.2, 0) is 9.47 Å². The van der Waals surface area contributed by atoms with Gasteiger partial charge in [-0.25, -0.2) is 4.98 Å². The average Bonchev–Trinajstić information content (AvgIpc) is 2.75. The van der Waals surface area contributed by atoms with Crippen molar-refractivity contribution in [1.82, 2.24) is 9.88 Å². The first kappa shape index (κ1) is 17.8. The van der Waals surface area contributed by atoms with E-state index in [0.717, 1.165) is 37.7 Å². The van der Waals surface area contributed by atoms with Crippen LogP contribution in [0.4, 0.5) is 17.2 Å². The summed E-state index contributed by atoms with van der Waals surface area (Å²) in [5.41, 5.74) is 2.74. The third-order valence-corrected chi connectivity index (χ3v) is 4.83. The summed E-state index contributed by atoms with van der Waals surface area (Å²) in [6.07, 6.45) is 1.64. The molecule has 2 aromatic rings. The van der Waals surface area contributed by atoms with Crippen LogP contribution in [0.15, 0.2) is 42.6 Å². The largest absolute Gasteiger partial charge is 0.378 e. The summed E-state index contributed by atoms with van der Waals surface area (Å²) in [6.45, 7) is 5.68. The second-order valence-corrected chi connectivity index (χ2v) is 6.58. The molecule has 0 aliphatic carbocycles. The summed E-state index contributed by atoms with van der Waals surface area (Å²) in [6, 6.07) is 11.9. The van der Waals surface area contributed by atoms with Gasteiger partial charge in [-0.05, 0) is 24.3 Å². The quantitative estimate of drug-likeness (QED) is 0.892. The third-order valence-electron chi connectivity index (χ3n) is 4.83. The fraction of sp³-hybridized carbons (Fsp3) is 0.400.